The Kier molecular flexibility index (Phi) is 5.42. The molecule has 0 fully saturated rings. The summed E-state index contributed by atoms with van der Waals surface area (Å²) < 4.78 is 5.24. The molecule has 5 rings (SSSR count). The fraction of sp³-hybridized carbons (Fsp3) is 0.130. The second kappa shape index (κ2) is 8.52. The molecule has 9 heteroatoms. The van der Waals surface area contributed by atoms with E-state index in [1.807, 2.05) is 46.1 Å². The van der Waals surface area contributed by atoms with Gasteiger partial charge in [-0.3, -0.25) is 10.1 Å². The quantitative estimate of drug-likeness (QED) is 0.254. The lowest BCUT2D eigenvalue weighted by molar-refractivity contribution is -0.384. The Labute approximate surface area is 192 Å². The first-order valence-corrected chi connectivity index (χ1v) is 11.6. The van der Waals surface area contributed by atoms with Crippen LogP contribution in [-0.2, 0) is 0 Å². The summed E-state index contributed by atoms with van der Waals surface area (Å²) in [5.74, 6) is 0.798. The van der Waals surface area contributed by atoms with Gasteiger partial charge in [0.05, 0.1) is 34.4 Å². The average Bonchev–Trinajstić information content (AvgIpc) is 3.59. The van der Waals surface area contributed by atoms with Crippen LogP contribution in [0.5, 0.6) is 5.75 Å². The van der Waals surface area contributed by atoms with E-state index in [-0.39, 0.29) is 16.7 Å². The number of nitrogens with zero attached hydrogens (tertiary/aromatic N) is 4. The van der Waals surface area contributed by atoms with Crippen LogP contribution in [0.3, 0.4) is 0 Å². The Morgan fingerprint density at radius 2 is 1.88 bits per heavy atom. The fourth-order valence-corrected chi connectivity index (χ4v) is 5.17. The van der Waals surface area contributed by atoms with Crippen LogP contribution in [0.25, 0.3) is 11.3 Å². The van der Waals surface area contributed by atoms with Crippen molar-refractivity contribution in [3.63, 3.8) is 0 Å². The summed E-state index contributed by atoms with van der Waals surface area (Å²) in [4.78, 5) is 16.6. The molecule has 2 aromatic carbocycles. The largest absolute Gasteiger partial charge is 0.497 e. The standard InChI is InChI=1S/C23H18N4O3S2/c1-30-18-10-6-15(7-11-18)20-14-32-23(24-20)26-21(13-19(25-26)22-3-2-12-31-22)16-4-8-17(9-5-16)27(28)29/h2-12,14,21H,13H2,1H3. The third kappa shape index (κ3) is 3.88. The first-order valence-electron chi connectivity index (χ1n) is 9.87. The highest BCUT2D eigenvalue weighted by atomic mass is 32.1. The Balaban J connectivity index is 1.49. The van der Waals surface area contributed by atoms with Gasteiger partial charge in [0.15, 0.2) is 0 Å². The number of hydrogen-bond acceptors (Lipinski definition) is 8. The van der Waals surface area contributed by atoms with E-state index in [9.17, 15) is 10.1 Å². The summed E-state index contributed by atoms with van der Waals surface area (Å²) in [7, 11) is 1.64. The third-order valence-electron chi connectivity index (χ3n) is 5.28. The van der Waals surface area contributed by atoms with E-state index in [1.54, 1.807) is 42.7 Å². The number of rotatable bonds is 6. The number of ether oxygens (including phenoxy) is 1. The van der Waals surface area contributed by atoms with Gasteiger partial charge < -0.3 is 4.74 Å². The molecular formula is C23H18N4O3S2. The van der Waals surface area contributed by atoms with E-state index in [0.29, 0.717) is 6.42 Å². The minimum atomic E-state index is -0.383. The molecule has 0 aliphatic carbocycles. The molecule has 32 heavy (non-hydrogen) atoms. The second-order valence-corrected chi connectivity index (χ2v) is 8.97. The van der Waals surface area contributed by atoms with Gasteiger partial charge in [0.1, 0.15) is 5.75 Å². The Morgan fingerprint density at radius 1 is 1.09 bits per heavy atom. The first-order chi connectivity index (χ1) is 15.6. The fourth-order valence-electron chi connectivity index (χ4n) is 3.62. The Hall–Kier alpha value is -3.56. The molecule has 0 amide bonds. The number of nitro benzene ring substituents is 1. The number of hydrazone groups is 1. The predicted octanol–water partition coefficient (Wildman–Crippen LogP) is 6.14. The molecule has 2 aromatic heterocycles. The SMILES string of the molecule is COc1ccc(-c2csc(N3N=C(c4cccs4)CC3c3ccc([N+](=O)[O-])cc3)n2)cc1. The number of anilines is 1. The van der Waals surface area contributed by atoms with Crippen LogP contribution in [0.15, 0.2) is 76.5 Å². The number of aromatic nitrogens is 1. The lowest BCUT2D eigenvalue weighted by atomic mass is 10.0. The molecule has 0 saturated heterocycles. The molecule has 4 aromatic rings. The Morgan fingerprint density at radius 3 is 2.53 bits per heavy atom. The highest BCUT2D eigenvalue weighted by molar-refractivity contribution is 7.14. The summed E-state index contributed by atoms with van der Waals surface area (Å²) in [6.07, 6.45) is 0.704. The van der Waals surface area contributed by atoms with Crippen molar-refractivity contribution >= 4 is 39.2 Å². The van der Waals surface area contributed by atoms with Gasteiger partial charge in [0.25, 0.3) is 5.69 Å². The van der Waals surface area contributed by atoms with Crippen LogP contribution < -0.4 is 9.75 Å². The monoisotopic (exact) mass is 462 g/mol. The van der Waals surface area contributed by atoms with E-state index < -0.39 is 0 Å². The number of methoxy groups -OCH3 is 1. The van der Waals surface area contributed by atoms with Gasteiger partial charge in [-0.1, -0.05) is 18.2 Å². The van der Waals surface area contributed by atoms with Gasteiger partial charge in [-0.05, 0) is 41.3 Å². The lowest BCUT2D eigenvalue weighted by Gasteiger charge is -2.21. The number of nitro groups is 1. The van der Waals surface area contributed by atoms with Crippen molar-refractivity contribution in [2.45, 2.75) is 12.5 Å². The van der Waals surface area contributed by atoms with E-state index in [1.165, 1.54) is 11.3 Å². The molecule has 7 nitrogen and oxygen atoms in total. The maximum Gasteiger partial charge on any atom is 0.269 e. The van der Waals surface area contributed by atoms with Crippen molar-refractivity contribution in [3.05, 3.63) is 92.0 Å². The highest BCUT2D eigenvalue weighted by Crippen LogP contribution is 2.40. The van der Waals surface area contributed by atoms with Crippen LogP contribution in [0.4, 0.5) is 10.8 Å². The topological polar surface area (TPSA) is 80.9 Å². The second-order valence-electron chi connectivity index (χ2n) is 7.18. The summed E-state index contributed by atoms with van der Waals surface area (Å²) in [5, 5.41) is 22.7. The highest BCUT2D eigenvalue weighted by Gasteiger charge is 2.32. The molecule has 1 unspecified atom stereocenters. The summed E-state index contributed by atoms with van der Waals surface area (Å²) >= 11 is 3.18. The van der Waals surface area contributed by atoms with Crippen molar-refractivity contribution in [1.29, 1.82) is 0 Å². The minimum Gasteiger partial charge on any atom is -0.497 e. The van der Waals surface area contributed by atoms with Crippen LogP contribution in [0.2, 0.25) is 0 Å². The molecule has 1 aliphatic heterocycles. The van der Waals surface area contributed by atoms with E-state index in [4.69, 9.17) is 14.8 Å². The van der Waals surface area contributed by atoms with E-state index in [0.717, 1.165) is 38.3 Å². The molecule has 160 valence electrons. The summed E-state index contributed by atoms with van der Waals surface area (Å²) in [5.41, 5.74) is 3.90. The molecule has 0 bridgehead atoms. The maximum atomic E-state index is 11.1. The van der Waals surface area contributed by atoms with E-state index >= 15 is 0 Å². The van der Waals surface area contributed by atoms with Gasteiger partial charge in [-0.2, -0.15) is 5.10 Å². The number of thiophene rings is 1. The van der Waals surface area contributed by atoms with Crippen molar-refractivity contribution in [2.24, 2.45) is 5.10 Å². The van der Waals surface area contributed by atoms with Crippen molar-refractivity contribution in [3.8, 4) is 17.0 Å². The first kappa shape index (κ1) is 20.3. The lowest BCUT2D eigenvalue weighted by Crippen LogP contribution is -2.18. The maximum absolute atomic E-state index is 11.1. The molecule has 1 aliphatic rings. The summed E-state index contributed by atoms with van der Waals surface area (Å²) in [6.45, 7) is 0. The molecular weight excluding hydrogens is 444 g/mol. The van der Waals surface area contributed by atoms with E-state index in [2.05, 4.69) is 6.07 Å². The van der Waals surface area contributed by atoms with Gasteiger partial charge in [0.2, 0.25) is 5.13 Å². The molecule has 3 heterocycles. The molecule has 0 saturated carbocycles. The normalized spacial score (nSPS) is 15.6. The number of benzene rings is 2. The third-order valence-corrected chi connectivity index (χ3v) is 7.03. The zero-order chi connectivity index (χ0) is 22.1. The number of thiazole rings is 1. The molecule has 1 atom stereocenters. The predicted molar refractivity (Wildman–Crippen MR) is 128 cm³/mol. The number of hydrogen-bond donors (Lipinski definition) is 0. The summed E-state index contributed by atoms with van der Waals surface area (Å²) in [6, 6.07) is 18.5. The Bertz CT molecular complexity index is 1270. The van der Waals surface area contributed by atoms with Crippen LogP contribution in [0, 0.1) is 10.1 Å². The molecule has 0 spiro atoms. The van der Waals surface area contributed by atoms with Gasteiger partial charge in [-0.15, -0.1) is 22.7 Å². The van der Waals surface area contributed by atoms with Crippen LogP contribution in [-0.4, -0.2) is 22.7 Å². The van der Waals surface area contributed by atoms with Gasteiger partial charge in [-0.25, -0.2) is 9.99 Å². The van der Waals surface area contributed by atoms with Crippen molar-refractivity contribution < 1.29 is 9.66 Å². The van der Waals surface area contributed by atoms with Crippen molar-refractivity contribution in [2.75, 3.05) is 12.1 Å². The minimum absolute atomic E-state index is 0.0775. The zero-order valence-electron chi connectivity index (χ0n) is 17.0. The van der Waals surface area contributed by atoms with Crippen LogP contribution >= 0.6 is 22.7 Å². The molecule has 0 N–H and O–H groups in total. The van der Waals surface area contributed by atoms with Gasteiger partial charge in [0, 0.05) is 29.5 Å². The zero-order valence-corrected chi connectivity index (χ0v) is 18.7. The number of non-ortho nitro benzene ring substituents is 1. The van der Waals surface area contributed by atoms with Crippen LogP contribution in [0.1, 0.15) is 22.9 Å². The average molecular weight is 463 g/mol. The molecule has 0 radical (unpaired) electrons. The van der Waals surface area contributed by atoms with Crippen molar-refractivity contribution in [1.82, 2.24) is 4.98 Å². The van der Waals surface area contributed by atoms with Gasteiger partial charge >= 0.3 is 0 Å². The smallest absolute Gasteiger partial charge is 0.269 e.